The van der Waals surface area contributed by atoms with Crippen molar-refractivity contribution < 1.29 is 0 Å². The highest BCUT2D eigenvalue weighted by Gasteiger charge is 2.42. The van der Waals surface area contributed by atoms with E-state index >= 15 is 0 Å². The Labute approximate surface area is 129 Å². The molecule has 0 radical (unpaired) electrons. The van der Waals surface area contributed by atoms with E-state index in [1.165, 1.54) is 11.1 Å². The number of rotatable bonds is 2. The van der Waals surface area contributed by atoms with Gasteiger partial charge in [-0.05, 0) is 44.7 Å². The van der Waals surface area contributed by atoms with Crippen LogP contribution in [0.5, 0.6) is 0 Å². The summed E-state index contributed by atoms with van der Waals surface area (Å²) in [6, 6.07) is 8.86. The summed E-state index contributed by atoms with van der Waals surface area (Å²) in [6.45, 7) is 12.3. The van der Waals surface area contributed by atoms with Crippen LogP contribution in [0, 0.1) is 0 Å². The van der Waals surface area contributed by atoms with E-state index in [1.54, 1.807) is 0 Å². The SMILES string of the molecule is CC(C)(C)N1CCN(C2(CN)Cc3ccccc3C2)CC1. The van der Waals surface area contributed by atoms with Crippen molar-refractivity contribution in [3.8, 4) is 0 Å². The molecule has 0 amide bonds. The predicted molar refractivity (Wildman–Crippen MR) is 88.5 cm³/mol. The lowest BCUT2D eigenvalue weighted by atomic mass is 9.92. The van der Waals surface area contributed by atoms with Crippen molar-refractivity contribution in [2.24, 2.45) is 5.73 Å². The van der Waals surface area contributed by atoms with Crippen molar-refractivity contribution in [3.63, 3.8) is 0 Å². The molecule has 1 aromatic carbocycles. The number of hydrogen-bond acceptors (Lipinski definition) is 3. The Kier molecular flexibility index (Phi) is 3.85. The lowest BCUT2D eigenvalue weighted by molar-refractivity contribution is 0.00768. The Bertz CT molecular complexity index is 470. The molecule has 0 aromatic heterocycles. The first-order valence-corrected chi connectivity index (χ1v) is 8.22. The molecule has 0 spiro atoms. The van der Waals surface area contributed by atoms with Gasteiger partial charge in [-0.25, -0.2) is 0 Å². The summed E-state index contributed by atoms with van der Waals surface area (Å²) in [5.41, 5.74) is 9.69. The second-order valence-electron chi connectivity index (χ2n) is 7.70. The van der Waals surface area contributed by atoms with Gasteiger partial charge in [0.25, 0.3) is 0 Å². The molecular formula is C18H29N3. The fourth-order valence-electron chi connectivity index (χ4n) is 4.02. The molecule has 1 aliphatic carbocycles. The molecule has 0 saturated carbocycles. The summed E-state index contributed by atoms with van der Waals surface area (Å²) < 4.78 is 0. The smallest absolute Gasteiger partial charge is 0.0413 e. The van der Waals surface area contributed by atoms with Gasteiger partial charge in [-0.2, -0.15) is 0 Å². The van der Waals surface area contributed by atoms with Gasteiger partial charge < -0.3 is 5.73 Å². The van der Waals surface area contributed by atoms with E-state index in [2.05, 4.69) is 54.8 Å². The zero-order valence-corrected chi connectivity index (χ0v) is 13.7. The van der Waals surface area contributed by atoms with Crippen molar-refractivity contribution in [2.75, 3.05) is 32.7 Å². The number of benzene rings is 1. The number of nitrogens with zero attached hydrogens (tertiary/aromatic N) is 2. The van der Waals surface area contributed by atoms with E-state index < -0.39 is 0 Å². The van der Waals surface area contributed by atoms with Crippen molar-refractivity contribution in [1.82, 2.24) is 9.80 Å². The van der Waals surface area contributed by atoms with Crippen LogP contribution in [-0.2, 0) is 12.8 Å². The minimum atomic E-state index is 0.160. The molecule has 0 unspecified atom stereocenters. The number of fused-ring (bicyclic) bond motifs is 1. The average molecular weight is 287 g/mol. The monoisotopic (exact) mass is 287 g/mol. The summed E-state index contributed by atoms with van der Waals surface area (Å²) in [7, 11) is 0. The number of nitrogens with two attached hydrogens (primary N) is 1. The Morgan fingerprint density at radius 3 is 1.95 bits per heavy atom. The minimum Gasteiger partial charge on any atom is -0.329 e. The van der Waals surface area contributed by atoms with Gasteiger partial charge in [0.05, 0.1) is 0 Å². The normalized spacial score (nSPS) is 23.2. The van der Waals surface area contributed by atoms with Gasteiger partial charge >= 0.3 is 0 Å². The van der Waals surface area contributed by atoms with Crippen LogP contribution in [0.4, 0.5) is 0 Å². The van der Waals surface area contributed by atoms with E-state index in [0.29, 0.717) is 0 Å². The highest BCUT2D eigenvalue weighted by Crippen LogP contribution is 2.35. The zero-order valence-electron chi connectivity index (χ0n) is 13.7. The second kappa shape index (κ2) is 5.38. The van der Waals surface area contributed by atoms with Crippen LogP contribution < -0.4 is 5.73 Å². The van der Waals surface area contributed by atoms with E-state index in [1.807, 2.05) is 0 Å². The molecular weight excluding hydrogens is 258 g/mol. The maximum atomic E-state index is 6.24. The van der Waals surface area contributed by atoms with Gasteiger partial charge in [0.2, 0.25) is 0 Å². The molecule has 1 aliphatic heterocycles. The van der Waals surface area contributed by atoms with E-state index in [0.717, 1.165) is 45.6 Å². The maximum absolute atomic E-state index is 6.24. The first-order chi connectivity index (χ1) is 9.94. The fraction of sp³-hybridized carbons (Fsp3) is 0.667. The van der Waals surface area contributed by atoms with Crippen LogP contribution in [0.1, 0.15) is 31.9 Å². The zero-order chi connectivity index (χ0) is 15.1. The van der Waals surface area contributed by atoms with Crippen molar-refractivity contribution in [2.45, 2.75) is 44.7 Å². The van der Waals surface area contributed by atoms with E-state index in [4.69, 9.17) is 5.73 Å². The quantitative estimate of drug-likeness (QED) is 0.902. The van der Waals surface area contributed by atoms with Crippen LogP contribution >= 0.6 is 0 Å². The highest BCUT2D eigenvalue weighted by atomic mass is 15.3. The van der Waals surface area contributed by atoms with Crippen LogP contribution in [0.3, 0.4) is 0 Å². The molecule has 21 heavy (non-hydrogen) atoms. The van der Waals surface area contributed by atoms with Gasteiger partial charge in [0.1, 0.15) is 0 Å². The molecule has 1 aromatic rings. The van der Waals surface area contributed by atoms with E-state index in [-0.39, 0.29) is 11.1 Å². The van der Waals surface area contributed by atoms with Crippen LogP contribution in [0.15, 0.2) is 24.3 Å². The fourth-order valence-corrected chi connectivity index (χ4v) is 4.02. The average Bonchev–Trinajstić information content (AvgIpc) is 2.86. The van der Waals surface area contributed by atoms with Gasteiger partial charge in [0.15, 0.2) is 0 Å². The summed E-state index contributed by atoms with van der Waals surface area (Å²) in [6.07, 6.45) is 2.24. The Hall–Kier alpha value is -0.900. The summed E-state index contributed by atoms with van der Waals surface area (Å²) >= 11 is 0. The topological polar surface area (TPSA) is 32.5 Å². The summed E-state index contributed by atoms with van der Waals surface area (Å²) in [4.78, 5) is 5.26. The van der Waals surface area contributed by atoms with Crippen molar-refractivity contribution in [1.29, 1.82) is 0 Å². The van der Waals surface area contributed by atoms with Crippen LogP contribution in [0.2, 0.25) is 0 Å². The minimum absolute atomic E-state index is 0.160. The summed E-state index contributed by atoms with van der Waals surface area (Å²) in [5, 5.41) is 0. The van der Waals surface area contributed by atoms with Crippen molar-refractivity contribution >= 4 is 0 Å². The van der Waals surface area contributed by atoms with Crippen molar-refractivity contribution in [3.05, 3.63) is 35.4 Å². The first-order valence-electron chi connectivity index (χ1n) is 8.22. The molecule has 1 fully saturated rings. The van der Waals surface area contributed by atoms with Gasteiger partial charge in [0, 0.05) is 43.8 Å². The molecule has 1 heterocycles. The molecule has 3 heteroatoms. The molecule has 0 atom stereocenters. The van der Waals surface area contributed by atoms with Gasteiger partial charge in [-0.1, -0.05) is 24.3 Å². The number of hydrogen-bond donors (Lipinski definition) is 1. The predicted octanol–water partition coefficient (Wildman–Crippen LogP) is 1.90. The van der Waals surface area contributed by atoms with Crippen LogP contribution in [-0.4, -0.2) is 53.6 Å². The third-order valence-corrected chi connectivity index (χ3v) is 5.44. The Balaban J connectivity index is 1.72. The summed E-state index contributed by atoms with van der Waals surface area (Å²) in [5.74, 6) is 0. The van der Waals surface area contributed by atoms with Gasteiger partial charge in [-0.15, -0.1) is 0 Å². The molecule has 2 N–H and O–H groups in total. The highest BCUT2D eigenvalue weighted by molar-refractivity contribution is 5.36. The Morgan fingerprint density at radius 2 is 1.52 bits per heavy atom. The second-order valence-corrected chi connectivity index (χ2v) is 7.70. The molecule has 3 rings (SSSR count). The lowest BCUT2D eigenvalue weighted by Gasteiger charge is -2.48. The largest absolute Gasteiger partial charge is 0.329 e. The van der Waals surface area contributed by atoms with Crippen LogP contribution in [0.25, 0.3) is 0 Å². The number of piperazine rings is 1. The maximum Gasteiger partial charge on any atom is 0.0413 e. The third-order valence-electron chi connectivity index (χ3n) is 5.44. The third kappa shape index (κ3) is 2.75. The molecule has 1 saturated heterocycles. The Morgan fingerprint density at radius 1 is 1.00 bits per heavy atom. The molecule has 3 nitrogen and oxygen atoms in total. The van der Waals surface area contributed by atoms with Gasteiger partial charge in [-0.3, -0.25) is 9.80 Å². The molecule has 2 aliphatic rings. The standard InChI is InChI=1S/C18H29N3/c1-17(2,3)20-8-10-21(11-9-20)18(14-19)12-15-6-4-5-7-16(15)13-18/h4-7H,8-14,19H2,1-3H3. The van der Waals surface area contributed by atoms with E-state index in [9.17, 15) is 0 Å². The molecule has 0 bridgehead atoms. The lowest BCUT2D eigenvalue weighted by Crippen LogP contribution is -2.62. The molecule has 116 valence electrons. The first kappa shape index (κ1) is 15.0.